The molecule has 0 spiro atoms. The van der Waals surface area contributed by atoms with Gasteiger partial charge in [0.2, 0.25) is 0 Å². The van der Waals surface area contributed by atoms with Crippen LogP contribution in [0, 0.1) is 11.3 Å². The molecule has 0 saturated carbocycles. The second kappa shape index (κ2) is 5.60. The molecule has 21 heavy (non-hydrogen) atoms. The van der Waals surface area contributed by atoms with Crippen LogP contribution in [0.5, 0.6) is 0 Å². The largest absolute Gasteiger partial charge is 0.252 e. The van der Waals surface area contributed by atoms with Crippen LogP contribution in [-0.2, 0) is 10.0 Å². The number of hydrogen-bond donors (Lipinski definition) is 0. The van der Waals surface area contributed by atoms with Crippen LogP contribution >= 0.6 is 11.3 Å². The summed E-state index contributed by atoms with van der Waals surface area (Å²) in [5.41, 5.74) is 1.18. The Morgan fingerprint density at radius 2 is 1.95 bits per heavy atom. The van der Waals surface area contributed by atoms with Crippen LogP contribution in [0.1, 0.15) is 22.8 Å². The van der Waals surface area contributed by atoms with E-state index in [0.29, 0.717) is 18.0 Å². The van der Waals surface area contributed by atoms with Gasteiger partial charge in [0.05, 0.1) is 0 Å². The molecule has 1 aliphatic rings. The Morgan fingerprint density at radius 3 is 2.62 bits per heavy atom. The van der Waals surface area contributed by atoms with Crippen molar-refractivity contribution in [3.8, 4) is 6.07 Å². The molecule has 0 radical (unpaired) electrons. The molecule has 0 bridgehead atoms. The minimum Gasteiger partial charge on any atom is -0.206 e. The topological polar surface area (TPSA) is 61.2 Å². The molecule has 3 rings (SSSR count). The fraction of sp³-hybridized carbons (Fsp3) is 0.267. The monoisotopic (exact) mass is 318 g/mol. The fourth-order valence-corrected chi connectivity index (χ4v) is 5.35. The number of sulfonamides is 1. The summed E-state index contributed by atoms with van der Waals surface area (Å²) in [7, 11) is -3.47. The maximum Gasteiger partial charge on any atom is 0.252 e. The molecule has 4 nitrogen and oxygen atoms in total. The first kappa shape index (κ1) is 14.3. The zero-order valence-electron chi connectivity index (χ0n) is 11.3. The van der Waals surface area contributed by atoms with Crippen molar-refractivity contribution in [1.29, 1.82) is 5.26 Å². The maximum atomic E-state index is 12.6. The van der Waals surface area contributed by atoms with Gasteiger partial charge < -0.3 is 0 Å². The van der Waals surface area contributed by atoms with Crippen molar-refractivity contribution in [2.75, 3.05) is 13.1 Å². The highest BCUT2D eigenvalue weighted by Gasteiger charge is 2.33. The third-order valence-corrected chi connectivity index (χ3v) is 7.03. The Hall–Kier alpha value is -1.68. The lowest BCUT2D eigenvalue weighted by Gasteiger charge is -2.15. The molecular formula is C15H14N2O2S2. The fourth-order valence-electron chi connectivity index (χ4n) is 2.59. The van der Waals surface area contributed by atoms with E-state index in [1.165, 1.54) is 15.9 Å². The smallest absolute Gasteiger partial charge is 0.206 e. The van der Waals surface area contributed by atoms with Gasteiger partial charge in [-0.1, -0.05) is 30.3 Å². The summed E-state index contributed by atoms with van der Waals surface area (Å²) in [6.45, 7) is 1.04. The molecular weight excluding hydrogens is 304 g/mol. The van der Waals surface area contributed by atoms with Gasteiger partial charge >= 0.3 is 0 Å². The Balaban J connectivity index is 1.81. The van der Waals surface area contributed by atoms with Crippen LogP contribution in [0.3, 0.4) is 0 Å². The third kappa shape index (κ3) is 2.72. The van der Waals surface area contributed by atoms with Gasteiger partial charge in [0, 0.05) is 13.1 Å². The lowest BCUT2D eigenvalue weighted by Crippen LogP contribution is -2.28. The molecule has 1 atom stereocenters. The van der Waals surface area contributed by atoms with E-state index in [-0.39, 0.29) is 10.1 Å². The quantitative estimate of drug-likeness (QED) is 0.874. The van der Waals surface area contributed by atoms with Crippen molar-refractivity contribution in [2.24, 2.45) is 0 Å². The number of thiophene rings is 1. The first-order chi connectivity index (χ1) is 10.1. The summed E-state index contributed by atoms with van der Waals surface area (Å²) < 4.78 is 26.9. The molecule has 0 aliphatic carbocycles. The van der Waals surface area contributed by atoms with E-state index >= 15 is 0 Å². The summed E-state index contributed by atoms with van der Waals surface area (Å²) in [4.78, 5) is 0.424. The average molecular weight is 318 g/mol. The molecule has 1 saturated heterocycles. The van der Waals surface area contributed by atoms with E-state index in [2.05, 4.69) is 0 Å². The minimum atomic E-state index is -3.47. The molecule has 0 amide bonds. The van der Waals surface area contributed by atoms with Gasteiger partial charge in [-0.2, -0.15) is 9.57 Å². The zero-order chi connectivity index (χ0) is 14.9. The van der Waals surface area contributed by atoms with Gasteiger partial charge in [0.1, 0.15) is 15.2 Å². The minimum absolute atomic E-state index is 0.247. The first-order valence-electron chi connectivity index (χ1n) is 6.66. The van der Waals surface area contributed by atoms with Crippen LogP contribution in [-0.4, -0.2) is 25.8 Å². The first-order valence-corrected chi connectivity index (χ1v) is 8.92. The predicted octanol–water partition coefficient (Wildman–Crippen LogP) is 2.80. The van der Waals surface area contributed by atoms with Gasteiger partial charge in [0.25, 0.3) is 10.0 Å². The molecule has 6 heteroatoms. The molecule has 1 aromatic carbocycles. The summed E-state index contributed by atoms with van der Waals surface area (Å²) in [6, 6.07) is 15.1. The molecule has 1 fully saturated rings. The van der Waals surface area contributed by atoms with Crippen LogP contribution in [0.15, 0.2) is 46.7 Å². The third-order valence-electron chi connectivity index (χ3n) is 3.71. The van der Waals surface area contributed by atoms with E-state index in [1.807, 2.05) is 36.4 Å². The normalized spacial score (nSPS) is 19.5. The number of nitriles is 1. The van der Waals surface area contributed by atoms with Crippen molar-refractivity contribution in [3.63, 3.8) is 0 Å². The van der Waals surface area contributed by atoms with Crippen LogP contribution in [0.25, 0.3) is 0 Å². The van der Waals surface area contributed by atoms with Gasteiger partial charge in [-0.3, -0.25) is 0 Å². The highest BCUT2D eigenvalue weighted by atomic mass is 32.2. The lowest BCUT2D eigenvalue weighted by atomic mass is 9.99. The van der Waals surface area contributed by atoms with E-state index in [1.54, 1.807) is 6.07 Å². The SMILES string of the molecule is N#Cc1ccc(S(=O)(=O)N2CCC(c3ccccc3)C2)s1. The second-order valence-electron chi connectivity index (χ2n) is 4.99. The molecule has 2 heterocycles. The predicted molar refractivity (Wildman–Crippen MR) is 81.6 cm³/mol. The van der Waals surface area contributed by atoms with Crippen molar-refractivity contribution >= 4 is 21.4 Å². The number of rotatable bonds is 3. The van der Waals surface area contributed by atoms with E-state index < -0.39 is 10.0 Å². The summed E-state index contributed by atoms with van der Waals surface area (Å²) >= 11 is 1.03. The van der Waals surface area contributed by atoms with E-state index in [9.17, 15) is 8.42 Å². The van der Waals surface area contributed by atoms with Gasteiger partial charge in [-0.15, -0.1) is 11.3 Å². The van der Waals surface area contributed by atoms with Gasteiger partial charge in [0.15, 0.2) is 0 Å². The lowest BCUT2D eigenvalue weighted by molar-refractivity contribution is 0.474. The average Bonchev–Trinajstić information content (AvgIpc) is 3.18. The van der Waals surface area contributed by atoms with Crippen molar-refractivity contribution < 1.29 is 8.42 Å². The molecule has 108 valence electrons. The van der Waals surface area contributed by atoms with E-state index in [0.717, 1.165) is 17.8 Å². The summed E-state index contributed by atoms with van der Waals surface area (Å²) in [5.74, 6) is 0.247. The van der Waals surface area contributed by atoms with Gasteiger partial charge in [-0.25, -0.2) is 8.42 Å². The molecule has 2 aromatic rings. The zero-order valence-corrected chi connectivity index (χ0v) is 12.9. The second-order valence-corrected chi connectivity index (χ2v) is 8.24. The van der Waals surface area contributed by atoms with Crippen molar-refractivity contribution in [2.45, 2.75) is 16.5 Å². The van der Waals surface area contributed by atoms with Crippen molar-refractivity contribution in [1.82, 2.24) is 4.31 Å². The number of nitrogens with zero attached hydrogens (tertiary/aromatic N) is 2. The summed E-state index contributed by atoms with van der Waals surface area (Å²) in [5, 5.41) is 8.82. The molecule has 0 N–H and O–H groups in total. The van der Waals surface area contributed by atoms with Crippen LogP contribution < -0.4 is 0 Å². The number of benzene rings is 1. The summed E-state index contributed by atoms with van der Waals surface area (Å²) in [6.07, 6.45) is 0.833. The Labute approximate surface area is 128 Å². The Kier molecular flexibility index (Phi) is 3.81. The highest BCUT2D eigenvalue weighted by Crippen LogP contribution is 2.32. The van der Waals surface area contributed by atoms with Crippen LogP contribution in [0.2, 0.25) is 0 Å². The maximum absolute atomic E-state index is 12.6. The molecule has 1 unspecified atom stereocenters. The highest BCUT2D eigenvalue weighted by molar-refractivity contribution is 7.91. The Bertz CT molecular complexity index is 776. The van der Waals surface area contributed by atoms with Crippen LogP contribution in [0.4, 0.5) is 0 Å². The molecule has 1 aliphatic heterocycles. The van der Waals surface area contributed by atoms with Crippen molar-refractivity contribution in [3.05, 3.63) is 52.9 Å². The number of hydrogen-bond acceptors (Lipinski definition) is 4. The van der Waals surface area contributed by atoms with Gasteiger partial charge in [-0.05, 0) is 30.0 Å². The molecule has 1 aromatic heterocycles. The van der Waals surface area contributed by atoms with E-state index in [4.69, 9.17) is 5.26 Å². The Morgan fingerprint density at radius 1 is 1.19 bits per heavy atom. The standard InChI is InChI=1S/C15H14N2O2S2/c16-10-14-6-7-15(20-14)21(18,19)17-9-8-13(11-17)12-4-2-1-3-5-12/h1-7,13H,8-9,11H2.